The second kappa shape index (κ2) is 15.5. The van der Waals surface area contributed by atoms with Gasteiger partial charge in [0.1, 0.15) is 12.6 Å². The predicted molar refractivity (Wildman–Crippen MR) is 176 cm³/mol. The predicted octanol–water partition coefficient (Wildman–Crippen LogP) is 6.12. The highest BCUT2D eigenvalue weighted by molar-refractivity contribution is 7.92. The molecule has 1 N–H and O–H groups in total. The van der Waals surface area contributed by atoms with Crippen molar-refractivity contribution in [1.82, 2.24) is 10.2 Å². The molecule has 0 aliphatic heterocycles. The van der Waals surface area contributed by atoms with Crippen molar-refractivity contribution in [3.05, 3.63) is 82.9 Å². The summed E-state index contributed by atoms with van der Waals surface area (Å²) in [6.07, 6.45) is 5.43. The largest absolute Gasteiger partial charge is 0.493 e. The Balaban J connectivity index is 1.73. The molecule has 3 aromatic carbocycles. The van der Waals surface area contributed by atoms with E-state index in [0.717, 1.165) is 47.5 Å². The summed E-state index contributed by atoms with van der Waals surface area (Å²) >= 11 is 6.14. The Kier molecular flexibility index (Phi) is 11.7. The van der Waals surface area contributed by atoms with Crippen LogP contribution in [0.3, 0.4) is 0 Å². The Morgan fingerprint density at radius 3 is 2.18 bits per heavy atom. The van der Waals surface area contributed by atoms with Crippen LogP contribution in [0.5, 0.6) is 11.5 Å². The van der Waals surface area contributed by atoms with Crippen molar-refractivity contribution in [3.63, 3.8) is 0 Å². The molecule has 0 radical (unpaired) electrons. The van der Waals surface area contributed by atoms with Crippen molar-refractivity contribution in [2.24, 2.45) is 0 Å². The van der Waals surface area contributed by atoms with Gasteiger partial charge in [-0.25, -0.2) is 8.42 Å². The van der Waals surface area contributed by atoms with Crippen LogP contribution in [0.4, 0.5) is 5.69 Å². The van der Waals surface area contributed by atoms with Gasteiger partial charge in [-0.05, 0) is 68.1 Å². The number of carbonyl (C=O) groups is 2. The molecule has 0 saturated heterocycles. The summed E-state index contributed by atoms with van der Waals surface area (Å²) in [4.78, 5) is 29.4. The van der Waals surface area contributed by atoms with E-state index in [0.29, 0.717) is 17.2 Å². The first kappa shape index (κ1) is 34.1. The highest BCUT2D eigenvalue weighted by atomic mass is 35.5. The smallest absolute Gasteiger partial charge is 0.264 e. The maximum atomic E-state index is 14.3. The Hall–Kier alpha value is -3.76. The number of rotatable bonds is 13. The number of aryl methyl sites for hydroxylation is 1. The molecule has 1 atom stereocenters. The van der Waals surface area contributed by atoms with E-state index < -0.39 is 28.5 Å². The molecule has 45 heavy (non-hydrogen) atoms. The third kappa shape index (κ3) is 8.49. The zero-order valence-corrected chi connectivity index (χ0v) is 27.9. The molecule has 0 unspecified atom stereocenters. The lowest BCUT2D eigenvalue weighted by atomic mass is 9.95. The van der Waals surface area contributed by atoms with Crippen LogP contribution in [-0.4, -0.2) is 58.0 Å². The van der Waals surface area contributed by atoms with Gasteiger partial charge in [-0.3, -0.25) is 13.9 Å². The Bertz CT molecular complexity index is 1560. The van der Waals surface area contributed by atoms with E-state index in [9.17, 15) is 18.0 Å². The van der Waals surface area contributed by atoms with E-state index in [-0.39, 0.29) is 34.8 Å². The van der Waals surface area contributed by atoms with E-state index in [4.69, 9.17) is 21.1 Å². The summed E-state index contributed by atoms with van der Waals surface area (Å²) in [6.45, 7) is 3.43. The number of nitrogens with one attached hydrogen (secondary N) is 1. The van der Waals surface area contributed by atoms with Gasteiger partial charge in [0, 0.05) is 23.7 Å². The fourth-order valence-corrected chi connectivity index (χ4v) is 7.15. The number of hydrogen-bond acceptors (Lipinski definition) is 6. The van der Waals surface area contributed by atoms with Gasteiger partial charge >= 0.3 is 0 Å². The van der Waals surface area contributed by atoms with Crippen LogP contribution in [0.2, 0.25) is 5.02 Å². The number of ether oxygens (including phenoxy) is 2. The maximum absolute atomic E-state index is 14.3. The van der Waals surface area contributed by atoms with Crippen molar-refractivity contribution in [2.75, 3.05) is 25.1 Å². The van der Waals surface area contributed by atoms with Gasteiger partial charge in [-0.15, -0.1) is 0 Å². The molecular weight excluding hydrogens is 614 g/mol. The highest BCUT2D eigenvalue weighted by Crippen LogP contribution is 2.33. The quantitative estimate of drug-likeness (QED) is 0.238. The minimum absolute atomic E-state index is 0.0626. The second-order valence-electron chi connectivity index (χ2n) is 11.3. The molecule has 0 bridgehead atoms. The fourth-order valence-electron chi connectivity index (χ4n) is 5.59. The number of halogens is 1. The van der Waals surface area contributed by atoms with Gasteiger partial charge < -0.3 is 19.7 Å². The summed E-state index contributed by atoms with van der Waals surface area (Å²) in [5.74, 6) is -0.150. The molecule has 242 valence electrons. The summed E-state index contributed by atoms with van der Waals surface area (Å²) in [5, 5.41) is 3.58. The minimum Gasteiger partial charge on any atom is -0.493 e. The van der Waals surface area contributed by atoms with Crippen molar-refractivity contribution < 1.29 is 27.5 Å². The maximum Gasteiger partial charge on any atom is 0.264 e. The van der Waals surface area contributed by atoms with E-state index in [2.05, 4.69) is 5.32 Å². The molecule has 1 fully saturated rings. The summed E-state index contributed by atoms with van der Waals surface area (Å²) in [5.41, 5.74) is 2.14. The van der Waals surface area contributed by atoms with Gasteiger partial charge in [0.2, 0.25) is 11.8 Å². The molecular formula is C34H42ClN3O6S. The number of sulfonamides is 1. The Labute approximate surface area is 271 Å². The van der Waals surface area contributed by atoms with E-state index in [1.165, 1.54) is 37.3 Å². The van der Waals surface area contributed by atoms with Gasteiger partial charge in [0.25, 0.3) is 10.0 Å². The van der Waals surface area contributed by atoms with Crippen LogP contribution in [0.25, 0.3) is 0 Å². The monoisotopic (exact) mass is 655 g/mol. The van der Waals surface area contributed by atoms with E-state index in [1.807, 2.05) is 38.1 Å². The normalized spacial score (nSPS) is 14.3. The van der Waals surface area contributed by atoms with Crippen molar-refractivity contribution in [1.29, 1.82) is 0 Å². The van der Waals surface area contributed by atoms with E-state index in [1.54, 1.807) is 24.3 Å². The number of amides is 2. The fraction of sp³-hybridized carbons (Fsp3) is 0.412. The van der Waals surface area contributed by atoms with Gasteiger partial charge in [-0.1, -0.05) is 67.6 Å². The molecule has 4 rings (SSSR count). The van der Waals surface area contributed by atoms with Gasteiger partial charge in [0.15, 0.2) is 11.5 Å². The standard InChI is InChI=1S/C34H42ClN3O6S/c1-5-30(34(40)36-27-9-7-6-8-10-27)37(22-25-13-11-24(2)12-14-25)33(39)23-38(28-17-15-26(35)16-18-28)45(41,42)29-19-20-31(43-3)32(21-29)44-4/h11-21,27,30H,5-10,22-23H2,1-4H3,(H,36,40)/t30-/m0/s1. The lowest BCUT2D eigenvalue weighted by molar-refractivity contribution is -0.140. The number of nitrogens with zero attached hydrogens (tertiary/aromatic N) is 2. The van der Waals surface area contributed by atoms with Crippen molar-refractivity contribution in [3.8, 4) is 11.5 Å². The molecule has 2 amide bonds. The number of benzene rings is 3. The summed E-state index contributed by atoms with van der Waals surface area (Å²) in [6, 6.07) is 17.5. The summed E-state index contributed by atoms with van der Waals surface area (Å²) < 4.78 is 40.1. The van der Waals surface area contributed by atoms with Gasteiger partial charge in [0.05, 0.1) is 24.8 Å². The van der Waals surface area contributed by atoms with Crippen molar-refractivity contribution in [2.45, 2.75) is 75.9 Å². The van der Waals surface area contributed by atoms with Crippen LogP contribution in [0, 0.1) is 6.92 Å². The first-order valence-electron chi connectivity index (χ1n) is 15.2. The zero-order valence-electron chi connectivity index (χ0n) is 26.3. The van der Waals surface area contributed by atoms with Crippen LogP contribution in [-0.2, 0) is 26.2 Å². The van der Waals surface area contributed by atoms with Crippen LogP contribution in [0.15, 0.2) is 71.6 Å². The van der Waals surface area contributed by atoms with Gasteiger partial charge in [-0.2, -0.15) is 0 Å². The molecule has 0 aromatic heterocycles. The molecule has 0 spiro atoms. The number of carbonyl (C=O) groups excluding carboxylic acids is 2. The average molecular weight is 656 g/mol. The Morgan fingerprint density at radius 2 is 1.58 bits per heavy atom. The number of hydrogen-bond donors (Lipinski definition) is 1. The highest BCUT2D eigenvalue weighted by Gasteiger charge is 2.35. The third-order valence-corrected chi connectivity index (χ3v) is 10.2. The molecule has 9 nitrogen and oxygen atoms in total. The van der Waals surface area contributed by atoms with Crippen LogP contribution < -0.4 is 19.1 Å². The van der Waals surface area contributed by atoms with Crippen LogP contribution in [0.1, 0.15) is 56.6 Å². The van der Waals surface area contributed by atoms with Crippen LogP contribution >= 0.6 is 11.6 Å². The molecule has 1 saturated carbocycles. The van der Waals surface area contributed by atoms with Crippen molar-refractivity contribution >= 4 is 39.1 Å². The molecule has 11 heteroatoms. The zero-order chi connectivity index (χ0) is 32.6. The average Bonchev–Trinajstić information content (AvgIpc) is 3.04. The first-order chi connectivity index (χ1) is 21.6. The third-order valence-electron chi connectivity index (χ3n) is 8.15. The molecule has 1 aliphatic carbocycles. The summed E-state index contributed by atoms with van der Waals surface area (Å²) in [7, 11) is -1.42. The second-order valence-corrected chi connectivity index (χ2v) is 13.6. The lowest BCUT2D eigenvalue weighted by Crippen LogP contribution is -2.54. The number of anilines is 1. The SMILES string of the molecule is CC[C@@H](C(=O)NC1CCCCC1)N(Cc1ccc(C)cc1)C(=O)CN(c1ccc(Cl)cc1)S(=O)(=O)c1ccc(OC)c(OC)c1. The van der Waals surface area contributed by atoms with E-state index >= 15 is 0 Å². The first-order valence-corrected chi connectivity index (χ1v) is 17.0. The minimum atomic E-state index is -4.30. The Morgan fingerprint density at radius 1 is 0.933 bits per heavy atom. The molecule has 0 heterocycles. The number of methoxy groups -OCH3 is 2. The topological polar surface area (TPSA) is 105 Å². The lowest BCUT2D eigenvalue weighted by Gasteiger charge is -2.34. The molecule has 1 aliphatic rings. The molecule has 3 aromatic rings.